The second-order valence-corrected chi connectivity index (χ2v) is 7.27. The Kier molecular flexibility index (Phi) is 8.34. The zero-order valence-corrected chi connectivity index (χ0v) is 15.2. The van der Waals surface area contributed by atoms with Crippen molar-refractivity contribution in [2.45, 2.75) is 70.9 Å². The van der Waals surface area contributed by atoms with Crippen molar-refractivity contribution in [3.8, 4) is 0 Å². The van der Waals surface area contributed by atoms with Crippen LogP contribution in [0.1, 0.15) is 58.8 Å². The maximum absolute atomic E-state index is 12.6. The number of carbonyl (C=O) groups excluding carboxylic acids is 2. The molecule has 0 bridgehead atoms. The summed E-state index contributed by atoms with van der Waals surface area (Å²) in [5.74, 6) is 0.594. The molecule has 23 heavy (non-hydrogen) atoms. The van der Waals surface area contributed by atoms with Gasteiger partial charge in [0.25, 0.3) is 0 Å². The molecule has 2 rings (SSSR count). The average molecular weight is 346 g/mol. The smallest absolute Gasteiger partial charge is 0.242 e. The Labute approximate surface area is 146 Å². The molecule has 2 aliphatic rings. The Morgan fingerprint density at radius 1 is 1.13 bits per heavy atom. The molecule has 0 heterocycles. The third-order valence-corrected chi connectivity index (χ3v) is 4.92. The molecule has 0 unspecified atom stereocenters. The van der Waals surface area contributed by atoms with Gasteiger partial charge in [0.05, 0.1) is 12.6 Å². The first kappa shape index (κ1) is 20.2. The topological polar surface area (TPSA) is 75.4 Å². The Bertz CT molecular complexity index is 393. The zero-order chi connectivity index (χ0) is 16.1. The van der Waals surface area contributed by atoms with Crippen LogP contribution < -0.4 is 11.1 Å². The van der Waals surface area contributed by atoms with E-state index in [0.717, 1.165) is 19.4 Å². The highest BCUT2D eigenvalue weighted by molar-refractivity contribution is 5.87. The normalized spacial score (nSPS) is 19.8. The quantitative estimate of drug-likeness (QED) is 0.741. The van der Waals surface area contributed by atoms with Gasteiger partial charge < -0.3 is 16.0 Å². The van der Waals surface area contributed by atoms with E-state index in [1.54, 1.807) is 0 Å². The van der Waals surface area contributed by atoms with Gasteiger partial charge in [0.15, 0.2) is 0 Å². The summed E-state index contributed by atoms with van der Waals surface area (Å²) in [5.41, 5.74) is 5.82. The lowest BCUT2D eigenvalue weighted by Crippen LogP contribution is -2.50. The molecule has 1 atom stereocenters. The van der Waals surface area contributed by atoms with Crippen LogP contribution in [0, 0.1) is 11.8 Å². The van der Waals surface area contributed by atoms with E-state index in [9.17, 15) is 9.59 Å². The number of hydrogen-bond donors (Lipinski definition) is 2. The molecule has 5 nitrogen and oxygen atoms in total. The fraction of sp³-hybridized carbons (Fsp3) is 0.882. The summed E-state index contributed by atoms with van der Waals surface area (Å²) < 4.78 is 0. The van der Waals surface area contributed by atoms with Gasteiger partial charge in [-0.05, 0) is 37.5 Å². The largest absolute Gasteiger partial charge is 0.346 e. The highest BCUT2D eigenvalue weighted by Crippen LogP contribution is 2.32. The SMILES string of the molecule is CC(C)[C@H](N)C(=O)NCC(=O)N(CC1CC1)C1CCCCC1.Cl. The van der Waals surface area contributed by atoms with Gasteiger partial charge in [0.2, 0.25) is 11.8 Å². The van der Waals surface area contributed by atoms with Gasteiger partial charge in [-0.2, -0.15) is 0 Å². The van der Waals surface area contributed by atoms with Gasteiger partial charge in [-0.25, -0.2) is 0 Å². The first-order chi connectivity index (χ1) is 10.5. The Morgan fingerprint density at radius 2 is 1.74 bits per heavy atom. The number of carbonyl (C=O) groups is 2. The predicted molar refractivity (Wildman–Crippen MR) is 94.4 cm³/mol. The fourth-order valence-corrected chi connectivity index (χ4v) is 3.11. The fourth-order valence-electron chi connectivity index (χ4n) is 3.11. The lowest BCUT2D eigenvalue weighted by molar-refractivity contribution is -0.136. The van der Waals surface area contributed by atoms with Gasteiger partial charge in [-0.1, -0.05) is 33.1 Å². The van der Waals surface area contributed by atoms with Crippen LogP contribution in [0.2, 0.25) is 0 Å². The van der Waals surface area contributed by atoms with E-state index in [0.29, 0.717) is 12.0 Å². The van der Waals surface area contributed by atoms with E-state index in [2.05, 4.69) is 5.32 Å². The molecule has 0 aromatic heterocycles. The summed E-state index contributed by atoms with van der Waals surface area (Å²) in [5, 5.41) is 2.72. The van der Waals surface area contributed by atoms with Crippen LogP contribution in [0.5, 0.6) is 0 Å². The lowest BCUT2D eigenvalue weighted by atomic mass is 9.94. The zero-order valence-electron chi connectivity index (χ0n) is 14.4. The Morgan fingerprint density at radius 3 is 2.26 bits per heavy atom. The minimum atomic E-state index is -0.542. The number of halogens is 1. The maximum atomic E-state index is 12.6. The summed E-state index contributed by atoms with van der Waals surface area (Å²) in [6, 6.07) is -0.170. The average Bonchev–Trinajstić information content (AvgIpc) is 3.34. The molecular formula is C17H32ClN3O2. The molecule has 3 N–H and O–H groups in total. The summed E-state index contributed by atoms with van der Waals surface area (Å²) in [6.45, 7) is 4.78. The molecule has 2 amide bonds. The minimum Gasteiger partial charge on any atom is -0.346 e. The van der Waals surface area contributed by atoms with Crippen molar-refractivity contribution in [1.29, 1.82) is 0 Å². The van der Waals surface area contributed by atoms with Crippen molar-refractivity contribution in [3.63, 3.8) is 0 Å². The Balaban J connectivity index is 0.00000264. The molecule has 2 fully saturated rings. The van der Waals surface area contributed by atoms with Gasteiger partial charge in [-0.3, -0.25) is 9.59 Å². The lowest BCUT2D eigenvalue weighted by Gasteiger charge is -2.34. The molecule has 0 aromatic carbocycles. The van der Waals surface area contributed by atoms with Gasteiger partial charge >= 0.3 is 0 Å². The monoisotopic (exact) mass is 345 g/mol. The molecule has 0 spiro atoms. The molecule has 2 saturated carbocycles. The summed E-state index contributed by atoms with van der Waals surface area (Å²) in [6.07, 6.45) is 8.40. The minimum absolute atomic E-state index is 0. The highest BCUT2D eigenvalue weighted by Gasteiger charge is 2.32. The van der Waals surface area contributed by atoms with Crippen molar-refractivity contribution in [2.24, 2.45) is 17.6 Å². The van der Waals surface area contributed by atoms with E-state index in [1.165, 1.54) is 32.1 Å². The number of nitrogens with zero attached hydrogens (tertiary/aromatic N) is 1. The first-order valence-electron chi connectivity index (χ1n) is 8.81. The molecule has 0 aromatic rings. The second-order valence-electron chi connectivity index (χ2n) is 7.27. The number of nitrogens with one attached hydrogen (secondary N) is 1. The van der Waals surface area contributed by atoms with Crippen molar-refractivity contribution >= 4 is 24.2 Å². The molecule has 0 saturated heterocycles. The van der Waals surface area contributed by atoms with Gasteiger partial charge in [0, 0.05) is 12.6 Å². The van der Waals surface area contributed by atoms with Crippen LogP contribution in [-0.4, -0.2) is 41.9 Å². The van der Waals surface area contributed by atoms with Crippen molar-refractivity contribution < 1.29 is 9.59 Å². The number of rotatable bonds is 7. The van der Waals surface area contributed by atoms with Crippen molar-refractivity contribution in [3.05, 3.63) is 0 Å². The third-order valence-electron chi connectivity index (χ3n) is 4.92. The van der Waals surface area contributed by atoms with Crippen LogP contribution in [0.25, 0.3) is 0 Å². The first-order valence-corrected chi connectivity index (χ1v) is 8.81. The van der Waals surface area contributed by atoms with E-state index in [4.69, 9.17) is 5.73 Å². The van der Waals surface area contributed by atoms with Crippen molar-refractivity contribution in [2.75, 3.05) is 13.1 Å². The molecule has 134 valence electrons. The number of amides is 2. The third kappa shape index (κ3) is 6.30. The predicted octanol–water partition coefficient (Wildman–Crippen LogP) is 2.08. The number of hydrogen-bond acceptors (Lipinski definition) is 3. The molecule has 6 heteroatoms. The van der Waals surface area contributed by atoms with E-state index in [-0.39, 0.29) is 36.7 Å². The van der Waals surface area contributed by atoms with Crippen LogP contribution in [-0.2, 0) is 9.59 Å². The highest BCUT2D eigenvalue weighted by atomic mass is 35.5. The van der Waals surface area contributed by atoms with E-state index < -0.39 is 6.04 Å². The number of nitrogens with two attached hydrogens (primary N) is 1. The van der Waals surface area contributed by atoms with Crippen LogP contribution >= 0.6 is 12.4 Å². The summed E-state index contributed by atoms with van der Waals surface area (Å²) in [4.78, 5) is 26.5. The summed E-state index contributed by atoms with van der Waals surface area (Å²) in [7, 11) is 0. The van der Waals surface area contributed by atoms with Crippen LogP contribution in [0.3, 0.4) is 0 Å². The summed E-state index contributed by atoms with van der Waals surface area (Å²) >= 11 is 0. The molecule has 0 aliphatic heterocycles. The molecular weight excluding hydrogens is 314 g/mol. The van der Waals surface area contributed by atoms with E-state index in [1.807, 2.05) is 18.7 Å². The Hall–Kier alpha value is -0.810. The van der Waals surface area contributed by atoms with Crippen LogP contribution in [0.4, 0.5) is 0 Å². The standard InChI is InChI=1S/C17H31N3O2.ClH/c1-12(2)16(18)17(22)19-10-15(21)20(11-13-8-9-13)14-6-4-3-5-7-14;/h12-14,16H,3-11,18H2,1-2H3,(H,19,22);1H/t16-;/m0./s1. The van der Waals surface area contributed by atoms with Gasteiger partial charge in [-0.15, -0.1) is 12.4 Å². The van der Waals surface area contributed by atoms with Crippen LogP contribution in [0.15, 0.2) is 0 Å². The molecule has 2 aliphatic carbocycles. The van der Waals surface area contributed by atoms with Crippen molar-refractivity contribution in [1.82, 2.24) is 10.2 Å². The maximum Gasteiger partial charge on any atom is 0.242 e. The van der Waals surface area contributed by atoms with E-state index >= 15 is 0 Å². The second kappa shape index (κ2) is 9.48. The van der Waals surface area contributed by atoms with Gasteiger partial charge in [0.1, 0.15) is 0 Å². The molecule has 0 radical (unpaired) electrons.